The Balaban J connectivity index is 1.29. The molecule has 6 heteroatoms. The zero-order chi connectivity index (χ0) is 22.6. The summed E-state index contributed by atoms with van der Waals surface area (Å²) >= 11 is 0. The molecule has 0 spiro atoms. The van der Waals surface area contributed by atoms with Gasteiger partial charge >= 0.3 is 0 Å². The molecule has 5 rings (SSSR count). The molecule has 6 nitrogen and oxygen atoms in total. The average Bonchev–Trinajstić information content (AvgIpc) is 3.27. The molecule has 1 heterocycles. The Morgan fingerprint density at radius 1 is 0.909 bits per heavy atom. The molecule has 1 amide bonds. The van der Waals surface area contributed by atoms with Crippen LogP contribution in [0.1, 0.15) is 15.9 Å². The molecule has 0 aliphatic heterocycles. The number of benzene rings is 4. The molecule has 162 valence electrons. The van der Waals surface area contributed by atoms with Crippen molar-refractivity contribution in [3.05, 3.63) is 108 Å². The SMILES string of the molecule is O=C(Nc1ccc(-c2nc3ccccc3o2)c(O)c1)c1cccc(OCc2ccccc2)c1. The fourth-order valence-electron chi connectivity index (χ4n) is 3.45. The van der Waals surface area contributed by atoms with Gasteiger partial charge in [-0.1, -0.05) is 48.5 Å². The second-order valence-electron chi connectivity index (χ2n) is 7.47. The van der Waals surface area contributed by atoms with Crippen LogP contribution in [-0.2, 0) is 6.61 Å². The number of oxazole rings is 1. The Morgan fingerprint density at radius 3 is 2.55 bits per heavy atom. The van der Waals surface area contributed by atoms with Crippen molar-refractivity contribution in [3.8, 4) is 23.0 Å². The van der Waals surface area contributed by atoms with E-state index >= 15 is 0 Å². The van der Waals surface area contributed by atoms with E-state index in [-0.39, 0.29) is 11.7 Å². The monoisotopic (exact) mass is 436 g/mol. The van der Waals surface area contributed by atoms with Crippen LogP contribution in [-0.4, -0.2) is 16.0 Å². The molecule has 33 heavy (non-hydrogen) atoms. The zero-order valence-electron chi connectivity index (χ0n) is 17.6. The van der Waals surface area contributed by atoms with Gasteiger partial charge in [-0.3, -0.25) is 4.79 Å². The van der Waals surface area contributed by atoms with E-state index in [1.165, 1.54) is 6.07 Å². The lowest BCUT2D eigenvalue weighted by Crippen LogP contribution is -2.12. The molecule has 2 N–H and O–H groups in total. The number of phenols is 1. The third-order valence-electron chi connectivity index (χ3n) is 5.12. The van der Waals surface area contributed by atoms with Crippen molar-refractivity contribution >= 4 is 22.7 Å². The number of phenolic OH excluding ortho intramolecular Hbond substituents is 1. The smallest absolute Gasteiger partial charge is 0.255 e. The average molecular weight is 436 g/mol. The molecule has 0 atom stereocenters. The Labute approximate surface area is 190 Å². The number of fused-ring (bicyclic) bond motifs is 1. The van der Waals surface area contributed by atoms with Gasteiger partial charge in [-0.25, -0.2) is 4.98 Å². The lowest BCUT2D eigenvalue weighted by atomic mass is 10.1. The van der Waals surface area contributed by atoms with Gasteiger partial charge in [-0.2, -0.15) is 0 Å². The minimum atomic E-state index is -0.311. The van der Waals surface area contributed by atoms with Gasteiger partial charge in [0.15, 0.2) is 5.58 Å². The number of para-hydroxylation sites is 2. The third-order valence-corrected chi connectivity index (χ3v) is 5.12. The van der Waals surface area contributed by atoms with E-state index in [9.17, 15) is 9.90 Å². The van der Waals surface area contributed by atoms with Crippen LogP contribution < -0.4 is 10.1 Å². The summed E-state index contributed by atoms with van der Waals surface area (Å²) in [6.07, 6.45) is 0. The highest BCUT2D eigenvalue weighted by atomic mass is 16.5. The number of nitrogens with zero attached hydrogens (tertiary/aromatic N) is 1. The molecular weight excluding hydrogens is 416 g/mol. The highest BCUT2D eigenvalue weighted by Crippen LogP contribution is 2.33. The van der Waals surface area contributed by atoms with Crippen LogP contribution in [0.4, 0.5) is 5.69 Å². The van der Waals surface area contributed by atoms with Crippen LogP contribution in [0.15, 0.2) is 101 Å². The van der Waals surface area contributed by atoms with E-state index in [0.29, 0.717) is 46.2 Å². The predicted octanol–water partition coefficient (Wildman–Crippen LogP) is 6.03. The van der Waals surface area contributed by atoms with Crippen molar-refractivity contribution in [1.82, 2.24) is 4.98 Å². The number of rotatable bonds is 6. The maximum atomic E-state index is 12.7. The number of ether oxygens (including phenoxy) is 1. The van der Waals surface area contributed by atoms with Crippen LogP contribution in [0.25, 0.3) is 22.6 Å². The number of hydrogen-bond donors (Lipinski definition) is 2. The Morgan fingerprint density at radius 2 is 1.73 bits per heavy atom. The summed E-state index contributed by atoms with van der Waals surface area (Å²) in [6.45, 7) is 0.414. The van der Waals surface area contributed by atoms with E-state index < -0.39 is 0 Å². The number of aromatic hydroxyl groups is 1. The topological polar surface area (TPSA) is 84.6 Å². The highest BCUT2D eigenvalue weighted by Gasteiger charge is 2.14. The summed E-state index contributed by atoms with van der Waals surface area (Å²) in [6, 6.07) is 29.0. The number of carbonyl (C=O) groups is 1. The highest BCUT2D eigenvalue weighted by molar-refractivity contribution is 6.04. The number of aromatic nitrogens is 1. The van der Waals surface area contributed by atoms with Gasteiger partial charge in [0.05, 0.1) is 5.56 Å². The first kappa shape index (κ1) is 20.3. The maximum Gasteiger partial charge on any atom is 0.255 e. The van der Waals surface area contributed by atoms with Crippen molar-refractivity contribution in [2.45, 2.75) is 6.61 Å². The van der Waals surface area contributed by atoms with Crippen LogP contribution in [0.2, 0.25) is 0 Å². The molecule has 0 aliphatic rings. The largest absolute Gasteiger partial charge is 0.507 e. The van der Waals surface area contributed by atoms with Crippen molar-refractivity contribution in [3.63, 3.8) is 0 Å². The molecule has 0 unspecified atom stereocenters. The van der Waals surface area contributed by atoms with Gasteiger partial charge in [-0.05, 0) is 48.0 Å². The molecule has 1 aromatic heterocycles. The fourth-order valence-corrected chi connectivity index (χ4v) is 3.45. The summed E-state index contributed by atoms with van der Waals surface area (Å²) in [5, 5.41) is 13.3. The maximum absolute atomic E-state index is 12.7. The lowest BCUT2D eigenvalue weighted by molar-refractivity contribution is 0.102. The Kier molecular flexibility index (Phi) is 5.47. The zero-order valence-corrected chi connectivity index (χ0v) is 17.6. The molecule has 0 saturated heterocycles. The van der Waals surface area contributed by atoms with Gasteiger partial charge in [0.1, 0.15) is 23.6 Å². The lowest BCUT2D eigenvalue weighted by Gasteiger charge is -2.10. The van der Waals surface area contributed by atoms with E-state index in [0.717, 1.165) is 5.56 Å². The quantitative estimate of drug-likeness (QED) is 0.339. The minimum absolute atomic E-state index is 0.0423. The molecule has 0 radical (unpaired) electrons. The minimum Gasteiger partial charge on any atom is -0.507 e. The van der Waals surface area contributed by atoms with Gasteiger partial charge in [0.2, 0.25) is 5.89 Å². The van der Waals surface area contributed by atoms with Crippen LogP contribution in [0.5, 0.6) is 11.5 Å². The molecule has 0 aliphatic carbocycles. The summed E-state index contributed by atoms with van der Waals surface area (Å²) in [4.78, 5) is 17.1. The third kappa shape index (κ3) is 4.55. The van der Waals surface area contributed by atoms with Gasteiger partial charge in [0.25, 0.3) is 5.91 Å². The molecule has 4 aromatic carbocycles. The van der Waals surface area contributed by atoms with Crippen molar-refractivity contribution < 1.29 is 19.1 Å². The summed E-state index contributed by atoms with van der Waals surface area (Å²) in [5.74, 6) is 0.559. The van der Waals surface area contributed by atoms with E-state index in [1.54, 1.807) is 36.4 Å². The normalized spacial score (nSPS) is 10.8. The molecule has 0 bridgehead atoms. The molecule has 0 fully saturated rings. The Bertz CT molecular complexity index is 1390. The van der Waals surface area contributed by atoms with Crippen LogP contribution >= 0.6 is 0 Å². The number of nitrogens with one attached hydrogen (secondary N) is 1. The first-order valence-electron chi connectivity index (χ1n) is 10.4. The van der Waals surface area contributed by atoms with Crippen molar-refractivity contribution in [1.29, 1.82) is 0 Å². The second-order valence-corrected chi connectivity index (χ2v) is 7.47. The number of anilines is 1. The predicted molar refractivity (Wildman–Crippen MR) is 126 cm³/mol. The summed E-state index contributed by atoms with van der Waals surface area (Å²) in [7, 11) is 0. The number of hydrogen-bond acceptors (Lipinski definition) is 5. The van der Waals surface area contributed by atoms with Crippen LogP contribution in [0, 0.1) is 0 Å². The molecular formula is C27H20N2O4. The summed E-state index contributed by atoms with van der Waals surface area (Å²) in [5.41, 5.74) is 3.73. The van der Waals surface area contributed by atoms with E-state index in [1.807, 2.05) is 54.6 Å². The molecule has 0 saturated carbocycles. The van der Waals surface area contributed by atoms with Crippen LogP contribution in [0.3, 0.4) is 0 Å². The van der Waals surface area contributed by atoms with Gasteiger partial charge in [-0.15, -0.1) is 0 Å². The van der Waals surface area contributed by atoms with E-state index in [4.69, 9.17) is 9.15 Å². The first-order valence-corrected chi connectivity index (χ1v) is 10.4. The van der Waals surface area contributed by atoms with E-state index in [2.05, 4.69) is 10.3 Å². The van der Waals surface area contributed by atoms with Gasteiger partial charge in [0, 0.05) is 17.3 Å². The Hall–Kier alpha value is -4.58. The number of carbonyl (C=O) groups excluding carboxylic acids is 1. The first-order chi connectivity index (χ1) is 16.2. The van der Waals surface area contributed by atoms with Crippen molar-refractivity contribution in [2.24, 2.45) is 0 Å². The molecule has 5 aromatic rings. The van der Waals surface area contributed by atoms with Crippen molar-refractivity contribution in [2.75, 3.05) is 5.32 Å². The van der Waals surface area contributed by atoms with Gasteiger partial charge < -0.3 is 19.6 Å². The standard InChI is InChI=1S/C27H20N2O4/c30-24-16-20(13-14-22(24)27-29-23-11-4-5-12-25(23)33-27)28-26(31)19-9-6-10-21(15-19)32-17-18-7-2-1-3-8-18/h1-16,30H,17H2,(H,28,31). The fraction of sp³-hybridized carbons (Fsp3) is 0.0370. The summed E-state index contributed by atoms with van der Waals surface area (Å²) < 4.78 is 11.5. The number of amides is 1. The second kappa shape index (κ2) is 8.88.